The Labute approximate surface area is 186 Å². The highest BCUT2D eigenvalue weighted by atomic mass is 16.6. The van der Waals surface area contributed by atoms with Crippen LogP contribution in [0, 0.1) is 0 Å². The lowest BCUT2D eigenvalue weighted by Gasteiger charge is -2.40. The maximum Gasteiger partial charge on any atom is 0.302 e. The van der Waals surface area contributed by atoms with Crippen molar-refractivity contribution < 1.29 is 44.2 Å². The number of phenols is 2. The second-order valence-electron chi connectivity index (χ2n) is 7.77. The van der Waals surface area contributed by atoms with Gasteiger partial charge in [-0.2, -0.15) is 0 Å². The molecule has 10 nitrogen and oxygen atoms in total. The number of aromatic hydroxyl groups is 2. The normalized spacial score (nSPS) is 25.2. The lowest BCUT2D eigenvalue weighted by molar-refractivity contribution is -0.234. The maximum atomic E-state index is 13.1. The average Bonchev–Trinajstić information content (AvgIpc) is 2.78. The van der Waals surface area contributed by atoms with E-state index in [1.807, 2.05) is 0 Å². The number of ether oxygens (including phenoxy) is 2. The quantitative estimate of drug-likeness (QED) is 0.355. The summed E-state index contributed by atoms with van der Waals surface area (Å²) in [6.07, 6.45) is -6.39. The molecule has 2 unspecified atom stereocenters. The highest BCUT2D eigenvalue weighted by molar-refractivity contribution is 5.86. The summed E-state index contributed by atoms with van der Waals surface area (Å²) in [6, 6.07) is 8.50. The SMILES string of the molecule is CC(=O)OCC1O[C@@H](c2c(O)ccc3c(=O)c(-c4ccc(O)cc4)coc23)C(O)[C@@H](O)[C@@H]1O. The Hall–Kier alpha value is -3.44. The number of carbonyl (C=O) groups is 1. The number of aliphatic hydroxyl groups excluding tert-OH is 3. The van der Waals surface area contributed by atoms with E-state index in [-0.39, 0.29) is 33.6 Å². The van der Waals surface area contributed by atoms with Crippen LogP contribution in [0.15, 0.2) is 51.9 Å². The minimum Gasteiger partial charge on any atom is -0.508 e. The van der Waals surface area contributed by atoms with Crippen molar-refractivity contribution in [1.82, 2.24) is 0 Å². The molecule has 0 saturated carbocycles. The molecule has 174 valence electrons. The van der Waals surface area contributed by atoms with E-state index in [2.05, 4.69) is 0 Å². The number of rotatable bonds is 4. The van der Waals surface area contributed by atoms with E-state index in [1.165, 1.54) is 30.5 Å². The first kappa shape index (κ1) is 22.7. The van der Waals surface area contributed by atoms with Gasteiger partial charge in [0.1, 0.15) is 60.5 Å². The van der Waals surface area contributed by atoms with Gasteiger partial charge in [-0.3, -0.25) is 9.59 Å². The number of phenolic OH excluding ortho intramolecular Hbond substituents is 2. The van der Waals surface area contributed by atoms with Gasteiger partial charge in [0.25, 0.3) is 0 Å². The van der Waals surface area contributed by atoms with Crippen molar-refractivity contribution in [3.8, 4) is 22.6 Å². The van der Waals surface area contributed by atoms with Gasteiger partial charge in [0, 0.05) is 6.92 Å². The number of fused-ring (bicyclic) bond motifs is 1. The zero-order valence-electron chi connectivity index (χ0n) is 17.4. The van der Waals surface area contributed by atoms with Gasteiger partial charge in [-0.05, 0) is 29.8 Å². The van der Waals surface area contributed by atoms with Crippen LogP contribution in [0.25, 0.3) is 22.1 Å². The summed E-state index contributed by atoms with van der Waals surface area (Å²) in [5, 5.41) is 51.2. The predicted molar refractivity (Wildman–Crippen MR) is 114 cm³/mol. The van der Waals surface area contributed by atoms with Gasteiger partial charge >= 0.3 is 5.97 Å². The average molecular weight is 458 g/mol. The first-order chi connectivity index (χ1) is 15.7. The lowest BCUT2D eigenvalue weighted by Crippen LogP contribution is -2.55. The molecule has 2 aromatic carbocycles. The summed E-state index contributed by atoms with van der Waals surface area (Å²) >= 11 is 0. The van der Waals surface area contributed by atoms with Gasteiger partial charge in [-0.25, -0.2) is 0 Å². The van der Waals surface area contributed by atoms with Gasteiger partial charge in [0.05, 0.1) is 16.5 Å². The van der Waals surface area contributed by atoms with Crippen LogP contribution in [0.3, 0.4) is 0 Å². The molecule has 1 saturated heterocycles. The molecule has 1 fully saturated rings. The molecule has 0 spiro atoms. The smallest absolute Gasteiger partial charge is 0.302 e. The van der Waals surface area contributed by atoms with E-state index in [4.69, 9.17) is 13.9 Å². The van der Waals surface area contributed by atoms with Gasteiger partial charge in [0.15, 0.2) is 0 Å². The molecule has 1 aliphatic heterocycles. The Kier molecular flexibility index (Phi) is 6.09. The Bertz CT molecular complexity index is 1230. The molecule has 10 heteroatoms. The van der Waals surface area contributed by atoms with Crippen LogP contribution in [0.5, 0.6) is 11.5 Å². The fraction of sp³-hybridized carbons (Fsp3) is 0.304. The van der Waals surface area contributed by atoms with Crippen LogP contribution in [-0.4, -0.2) is 62.5 Å². The Morgan fingerprint density at radius 2 is 1.70 bits per heavy atom. The van der Waals surface area contributed by atoms with Crippen molar-refractivity contribution in [2.75, 3.05) is 6.61 Å². The van der Waals surface area contributed by atoms with Crippen LogP contribution in [0.4, 0.5) is 0 Å². The largest absolute Gasteiger partial charge is 0.508 e. The molecular weight excluding hydrogens is 436 g/mol. The number of hydrogen-bond donors (Lipinski definition) is 5. The number of hydrogen-bond acceptors (Lipinski definition) is 10. The Morgan fingerprint density at radius 1 is 1.00 bits per heavy atom. The van der Waals surface area contributed by atoms with Crippen molar-refractivity contribution in [2.24, 2.45) is 0 Å². The minimum atomic E-state index is -1.69. The Balaban J connectivity index is 1.80. The number of esters is 1. The zero-order chi connectivity index (χ0) is 23.9. The van der Waals surface area contributed by atoms with Crippen LogP contribution in [0.1, 0.15) is 18.6 Å². The standard InChI is InChI=1S/C23H22O10/c1-10(24)31-9-16-19(28)20(29)21(30)23(33-16)17-15(26)7-6-13-18(27)14(8-32-22(13)17)11-2-4-12(25)5-3-11/h2-8,16,19-21,23,25-26,28-30H,9H2,1H3/t16?,19-,20+,21?,23+/m1/s1. The van der Waals surface area contributed by atoms with E-state index >= 15 is 0 Å². The van der Waals surface area contributed by atoms with Crippen molar-refractivity contribution in [3.63, 3.8) is 0 Å². The summed E-state index contributed by atoms with van der Waals surface area (Å²) in [5.74, 6) is -0.978. The molecule has 1 aliphatic rings. The third-order valence-corrected chi connectivity index (χ3v) is 5.58. The second-order valence-corrected chi connectivity index (χ2v) is 7.77. The first-order valence-corrected chi connectivity index (χ1v) is 10.1. The van der Waals surface area contributed by atoms with Crippen molar-refractivity contribution in [2.45, 2.75) is 37.4 Å². The van der Waals surface area contributed by atoms with Crippen LogP contribution < -0.4 is 5.43 Å². The molecule has 0 aliphatic carbocycles. The predicted octanol–water partition coefficient (Wildman–Crippen LogP) is 0.957. The van der Waals surface area contributed by atoms with Gasteiger partial charge in [-0.15, -0.1) is 0 Å². The van der Waals surface area contributed by atoms with E-state index in [9.17, 15) is 35.1 Å². The highest BCUT2D eigenvalue weighted by Crippen LogP contribution is 2.40. The molecule has 4 rings (SSSR count). The fourth-order valence-electron chi connectivity index (χ4n) is 3.85. The first-order valence-electron chi connectivity index (χ1n) is 10.1. The summed E-state index contributed by atoms with van der Waals surface area (Å²) in [6.45, 7) is 0.756. The van der Waals surface area contributed by atoms with Crippen LogP contribution >= 0.6 is 0 Å². The van der Waals surface area contributed by atoms with Gasteiger partial charge < -0.3 is 39.4 Å². The third kappa shape index (κ3) is 4.16. The van der Waals surface area contributed by atoms with E-state index in [0.717, 1.165) is 6.92 Å². The molecule has 5 N–H and O–H groups in total. The van der Waals surface area contributed by atoms with E-state index in [1.54, 1.807) is 12.1 Å². The van der Waals surface area contributed by atoms with E-state index in [0.29, 0.717) is 5.56 Å². The topological polar surface area (TPSA) is 167 Å². The molecule has 33 heavy (non-hydrogen) atoms. The number of aliphatic hydroxyl groups is 3. The molecule has 0 radical (unpaired) electrons. The van der Waals surface area contributed by atoms with E-state index < -0.39 is 48.5 Å². The summed E-state index contributed by atoms with van der Waals surface area (Å²) in [4.78, 5) is 24.3. The Morgan fingerprint density at radius 3 is 2.36 bits per heavy atom. The van der Waals surface area contributed by atoms with Crippen LogP contribution in [-0.2, 0) is 14.3 Å². The van der Waals surface area contributed by atoms with Crippen molar-refractivity contribution in [1.29, 1.82) is 0 Å². The summed E-state index contributed by atoms with van der Waals surface area (Å²) < 4.78 is 16.2. The second kappa shape index (κ2) is 8.83. The molecule has 5 atom stereocenters. The molecule has 2 heterocycles. The molecule has 0 amide bonds. The van der Waals surface area contributed by atoms with Crippen molar-refractivity contribution >= 4 is 16.9 Å². The van der Waals surface area contributed by atoms with Crippen LogP contribution in [0.2, 0.25) is 0 Å². The number of benzene rings is 2. The number of carbonyl (C=O) groups excluding carboxylic acids is 1. The maximum absolute atomic E-state index is 13.1. The summed E-state index contributed by atoms with van der Waals surface area (Å²) in [7, 11) is 0. The summed E-state index contributed by atoms with van der Waals surface area (Å²) in [5.41, 5.74) is 0.0690. The molecule has 1 aromatic heterocycles. The minimum absolute atomic E-state index is 0.0311. The van der Waals surface area contributed by atoms with Crippen molar-refractivity contribution in [3.05, 3.63) is 58.4 Å². The van der Waals surface area contributed by atoms with Gasteiger partial charge in [-0.1, -0.05) is 12.1 Å². The highest BCUT2D eigenvalue weighted by Gasteiger charge is 2.46. The molecule has 0 bridgehead atoms. The molecular formula is C23H22O10. The monoisotopic (exact) mass is 458 g/mol. The third-order valence-electron chi connectivity index (χ3n) is 5.58. The lowest BCUT2D eigenvalue weighted by atomic mass is 9.89. The fourth-order valence-corrected chi connectivity index (χ4v) is 3.85. The molecule has 3 aromatic rings. The van der Waals surface area contributed by atoms with Gasteiger partial charge in [0.2, 0.25) is 5.43 Å². The zero-order valence-corrected chi connectivity index (χ0v) is 17.4.